The molecule has 30 heavy (non-hydrogen) atoms. The summed E-state index contributed by atoms with van der Waals surface area (Å²) in [5, 5.41) is 13.6. The number of benzene rings is 3. The first-order valence-corrected chi connectivity index (χ1v) is 9.91. The lowest BCUT2D eigenvalue weighted by atomic mass is 10.1. The Balaban J connectivity index is 1.60. The van der Waals surface area contributed by atoms with Gasteiger partial charge in [0.25, 0.3) is 11.6 Å². The summed E-state index contributed by atoms with van der Waals surface area (Å²) in [6, 6.07) is 19.6. The number of nitro groups is 1. The van der Waals surface area contributed by atoms with E-state index >= 15 is 0 Å². The van der Waals surface area contributed by atoms with Gasteiger partial charge < -0.3 is 10.1 Å². The summed E-state index contributed by atoms with van der Waals surface area (Å²) in [5.41, 5.74) is 1.14. The molecule has 152 valence electrons. The average molecular weight is 422 g/mol. The highest BCUT2D eigenvalue weighted by Gasteiger charge is 2.13. The number of Topliss-reactive ketones (excluding diaryl/α,β-unsaturated/α-hetero) is 1. The SMILES string of the molecule is COc1ccccc1C(=O)CSc1ccc(NC(=O)c2cccc([N+](=O)[O-])c2)cc1. The number of nitrogens with one attached hydrogen (secondary N) is 1. The van der Waals surface area contributed by atoms with Crippen LogP contribution < -0.4 is 10.1 Å². The summed E-state index contributed by atoms with van der Waals surface area (Å²) in [7, 11) is 1.53. The summed E-state index contributed by atoms with van der Waals surface area (Å²) in [5.74, 6) is 0.313. The molecule has 0 spiro atoms. The van der Waals surface area contributed by atoms with E-state index in [1.54, 1.807) is 42.5 Å². The van der Waals surface area contributed by atoms with Crippen molar-refractivity contribution in [2.75, 3.05) is 18.2 Å². The Hall–Kier alpha value is -3.65. The topological polar surface area (TPSA) is 98.5 Å². The number of methoxy groups -OCH3 is 1. The van der Waals surface area contributed by atoms with Crippen LogP contribution in [-0.2, 0) is 0 Å². The third-order valence-corrected chi connectivity index (χ3v) is 5.22. The number of hydrogen-bond acceptors (Lipinski definition) is 6. The first-order valence-electron chi connectivity index (χ1n) is 8.93. The van der Waals surface area contributed by atoms with E-state index in [0.717, 1.165) is 4.90 Å². The molecule has 3 aromatic rings. The van der Waals surface area contributed by atoms with Crippen molar-refractivity contribution in [2.24, 2.45) is 0 Å². The fourth-order valence-electron chi connectivity index (χ4n) is 2.70. The van der Waals surface area contributed by atoms with Gasteiger partial charge in [-0.05, 0) is 42.5 Å². The van der Waals surface area contributed by atoms with E-state index in [4.69, 9.17) is 4.74 Å². The Morgan fingerprint density at radius 2 is 1.77 bits per heavy atom. The Kier molecular flexibility index (Phi) is 6.82. The van der Waals surface area contributed by atoms with Crippen molar-refractivity contribution < 1.29 is 19.2 Å². The minimum absolute atomic E-state index is 0.0412. The third-order valence-electron chi connectivity index (χ3n) is 4.21. The number of para-hydroxylation sites is 1. The lowest BCUT2D eigenvalue weighted by Gasteiger charge is -2.08. The van der Waals surface area contributed by atoms with E-state index in [2.05, 4.69) is 5.32 Å². The lowest BCUT2D eigenvalue weighted by molar-refractivity contribution is -0.384. The molecule has 0 aromatic heterocycles. The van der Waals surface area contributed by atoms with E-state index in [-0.39, 0.29) is 22.8 Å². The van der Waals surface area contributed by atoms with Crippen molar-refractivity contribution >= 4 is 34.8 Å². The number of nitro benzene ring substituents is 1. The Bertz CT molecular complexity index is 1080. The Labute approximate surface area is 177 Å². The molecule has 0 bridgehead atoms. The van der Waals surface area contributed by atoms with Crippen LogP contribution in [0.5, 0.6) is 5.75 Å². The van der Waals surface area contributed by atoms with Crippen LogP contribution in [0.4, 0.5) is 11.4 Å². The zero-order valence-electron chi connectivity index (χ0n) is 16.0. The lowest BCUT2D eigenvalue weighted by Crippen LogP contribution is -2.12. The van der Waals surface area contributed by atoms with E-state index < -0.39 is 10.8 Å². The average Bonchev–Trinajstić information content (AvgIpc) is 2.78. The van der Waals surface area contributed by atoms with Gasteiger partial charge >= 0.3 is 0 Å². The zero-order valence-corrected chi connectivity index (χ0v) is 16.8. The maximum atomic E-state index is 12.4. The molecule has 0 aliphatic heterocycles. The van der Waals surface area contributed by atoms with E-state index in [1.807, 2.05) is 6.07 Å². The Morgan fingerprint density at radius 1 is 1.03 bits per heavy atom. The van der Waals surface area contributed by atoms with Crippen LogP contribution in [0.3, 0.4) is 0 Å². The molecule has 7 nitrogen and oxygen atoms in total. The predicted molar refractivity (Wildman–Crippen MR) is 116 cm³/mol. The van der Waals surface area contributed by atoms with E-state index in [1.165, 1.54) is 43.1 Å². The van der Waals surface area contributed by atoms with Gasteiger partial charge in [-0.3, -0.25) is 19.7 Å². The molecule has 8 heteroatoms. The van der Waals surface area contributed by atoms with Crippen LogP contribution in [0.15, 0.2) is 77.7 Å². The highest BCUT2D eigenvalue weighted by molar-refractivity contribution is 8.00. The zero-order chi connectivity index (χ0) is 21.5. The van der Waals surface area contributed by atoms with E-state index in [9.17, 15) is 19.7 Å². The molecule has 3 aromatic carbocycles. The quantitative estimate of drug-likeness (QED) is 0.242. The maximum absolute atomic E-state index is 12.4. The second-order valence-corrected chi connectivity index (χ2v) is 7.25. The summed E-state index contributed by atoms with van der Waals surface area (Å²) in [6.45, 7) is 0. The van der Waals surface area contributed by atoms with Crippen LogP contribution in [0.2, 0.25) is 0 Å². The van der Waals surface area contributed by atoms with Crippen LogP contribution in [0.25, 0.3) is 0 Å². The first kappa shape index (κ1) is 21.1. The number of carbonyl (C=O) groups is 2. The van der Waals surface area contributed by atoms with Crippen molar-refractivity contribution in [3.63, 3.8) is 0 Å². The van der Waals surface area contributed by atoms with E-state index in [0.29, 0.717) is 17.0 Å². The molecule has 0 saturated carbocycles. The predicted octanol–water partition coefficient (Wildman–Crippen LogP) is 4.83. The van der Waals surface area contributed by atoms with Gasteiger partial charge in [0.15, 0.2) is 5.78 Å². The summed E-state index contributed by atoms with van der Waals surface area (Å²) in [4.78, 5) is 35.9. The largest absolute Gasteiger partial charge is 0.496 e. The van der Waals surface area contributed by atoms with Crippen LogP contribution >= 0.6 is 11.8 Å². The van der Waals surface area contributed by atoms with Crippen molar-refractivity contribution in [3.05, 3.63) is 94.0 Å². The molecule has 0 fully saturated rings. The van der Waals surface area contributed by atoms with Gasteiger partial charge in [0.1, 0.15) is 5.75 Å². The number of thioether (sulfide) groups is 1. The highest BCUT2D eigenvalue weighted by Crippen LogP contribution is 2.25. The smallest absolute Gasteiger partial charge is 0.270 e. The molecule has 1 N–H and O–H groups in total. The minimum Gasteiger partial charge on any atom is -0.496 e. The molecule has 0 atom stereocenters. The molecule has 0 radical (unpaired) electrons. The number of amides is 1. The number of hydrogen-bond donors (Lipinski definition) is 1. The van der Waals surface area contributed by atoms with Crippen molar-refractivity contribution in [3.8, 4) is 5.75 Å². The van der Waals surface area contributed by atoms with Crippen molar-refractivity contribution in [1.29, 1.82) is 0 Å². The number of nitrogens with zero attached hydrogens (tertiary/aromatic N) is 1. The van der Waals surface area contributed by atoms with Gasteiger partial charge in [-0.15, -0.1) is 11.8 Å². The minimum atomic E-state index is -0.547. The third kappa shape index (κ3) is 5.24. The number of ether oxygens (including phenoxy) is 1. The number of anilines is 1. The standard InChI is InChI=1S/C22H18N2O5S/c1-29-21-8-3-2-7-19(21)20(25)14-30-18-11-9-16(10-12-18)23-22(26)15-5-4-6-17(13-15)24(27)28/h2-13H,14H2,1H3,(H,23,26). The van der Waals surface area contributed by atoms with Crippen LogP contribution in [0, 0.1) is 10.1 Å². The van der Waals surface area contributed by atoms with Gasteiger partial charge in [-0.1, -0.05) is 18.2 Å². The molecule has 0 saturated heterocycles. The fourth-order valence-corrected chi connectivity index (χ4v) is 3.48. The first-order chi connectivity index (χ1) is 14.5. The van der Waals surface area contributed by atoms with Crippen molar-refractivity contribution in [1.82, 2.24) is 0 Å². The fraction of sp³-hybridized carbons (Fsp3) is 0.0909. The Morgan fingerprint density at radius 3 is 2.47 bits per heavy atom. The normalized spacial score (nSPS) is 10.3. The number of rotatable bonds is 8. The molecular weight excluding hydrogens is 404 g/mol. The van der Waals surface area contributed by atoms with Crippen LogP contribution in [0.1, 0.15) is 20.7 Å². The summed E-state index contributed by atoms with van der Waals surface area (Å²) < 4.78 is 5.22. The summed E-state index contributed by atoms with van der Waals surface area (Å²) in [6.07, 6.45) is 0. The second kappa shape index (κ2) is 9.71. The number of non-ortho nitro benzene ring substituents is 1. The second-order valence-electron chi connectivity index (χ2n) is 6.20. The molecule has 0 aliphatic rings. The van der Waals surface area contributed by atoms with Crippen molar-refractivity contribution in [2.45, 2.75) is 4.90 Å². The highest BCUT2D eigenvalue weighted by atomic mass is 32.2. The monoisotopic (exact) mass is 422 g/mol. The summed E-state index contributed by atoms with van der Waals surface area (Å²) >= 11 is 1.38. The number of carbonyl (C=O) groups excluding carboxylic acids is 2. The van der Waals surface area contributed by atoms with Gasteiger partial charge in [-0.25, -0.2) is 0 Å². The molecular formula is C22H18N2O5S. The molecule has 0 heterocycles. The molecule has 3 rings (SSSR count). The van der Waals surface area contributed by atoms with Gasteiger partial charge in [0, 0.05) is 28.3 Å². The maximum Gasteiger partial charge on any atom is 0.270 e. The van der Waals surface area contributed by atoms with Gasteiger partial charge in [0.05, 0.1) is 23.3 Å². The molecule has 0 unspecified atom stereocenters. The van der Waals surface area contributed by atoms with Gasteiger partial charge in [-0.2, -0.15) is 0 Å². The molecule has 1 amide bonds. The number of ketones is 1. The van der Waals surface area contributed by atoms with Crippen LogP contribution in [-0.4, -0.2) is 29.5 Å². The molecule has 0 aliphatic carbocycles. The van der Waals surface area contributed by atoms with Gasteiger partial charge in [0.2, 0.25) is 0 Å².